The third-order valence-corrected chi connectivity index (χ3v) is 6.80. The van der Waals surface area contributed by atoms with Crippen LogP contribution in [-0.4, -0.2) is 54.3 Å². The monoisotopic (exact) mass is 446 g/mol. The average molecular weight is 447 g/mol. The van der Waals surface area contributed by atoms with Crippen LogP contribution < -0.4 is 16.4 Å². The number of nitrogens with two attached hydrogens (primary N) is 1. The Morgan fingerprint density at radius 1 is 1.19 bits per heavy atom. The summed E-state index contributed by atoms with van der Waals surface area (Å²) in [7, 11) is 0. The lowest BCUT2D eigenvalue weighted by atomic mass is 9.79. The van der Waals surface area contributed by atoms with E-state index in [1.807, 2.05) is 0 Å². The largest absolute Gasteiger partial charge is 0.480 e. The number of ether oxygens (including phenoxy) is 1. The van der Waals surface area contributed by atoms with E-state index in [4.69, 9.17) is 15.5 Å². The molecule has 1 aromatic rings. The molecule has 2 aliphatic heterocycles. The van der Waals surface area contributed by atoms with E-state index in [-0.39, 0.29) is 12.5 Å². The van der Waals surface area contributed by atoms with Gasteiger partial charge < -0.3 is 26.2 Å². The molecule has 3 rings (SSSR count). The van der Waals surface area contributed by atoms with Crippen molar-refractivity contribution in [3.63, 3.8) is 0 Å². The minimum Gasteiger partial charge on any atom is -0.480 e. The van der Waals surface area contributed by atoms with Crippen molar-refractivity contribution in [1.82, 2.24) is 10.3 Å². The molecule has 1 saturated heterocycles. The van der Waals surface area contributed by atoms with Crippen molar-refractivity contribution < 1.29 is 19.4 Å². The summed E-state index contributed by atoms with van der Waals surface area (Å²) in [6.07, 6.45) is 9.70. The zero-order valence-electron chi connectivity index (χ0n) is 19.0. The Morgan fingerprint density at radius 2 is 1.94 bits per heavy atom. The summed E-state index contributed by atoms with van der Waals surface area (Å²) in [5, 5.41) is 15.7. The summed E-state index contributed by atoms with van der Waals surface area (Å²) in [5.74, 6) is -0.180. The highest BCUT2D eigenvalue weighted by molar-refractivity contribution is 5.87. The second-order valence-corrected chi connectivity index (χ2v) is 9.11. The molecule has 5 N–H and O–H groups in total. The Balaban J connectivity index is 1.33. The molecule has 1 atom stereocenters. The second-order valence-electron chi connectivity index (χ2n) is 9.11. The molecule has 0 aliphatic carbocycles. The number of carboxylic acids is 1. The lowest BCUT2D eigenvalue weighted by Gasteiger charge is -2.35. The maximum Gasteiger partial charge on any atom is 0.326 e. The van der Waals surface area contributed by atoms with Crippen molar-refractivity contribution in [2.75, 3.05) is 31.6 Å². The Bertz CT molecular complexity index is 764. The molecule has 178 valence electrons. The van der Waals surface area contributed by atoms with E-state index < -0.39 is 17.4 Å². The smallest absolute Gasteiger partial charge is 0.326 e. The van der Waals surface area contributed by atoms with Gasteiger partial charge in [0, 0.05) is 32.0 Å². The molecule has 1 fully saturated rings. The molecule has 3 heterocycles. The molecule has 0 bridgehead atoms. The number of unbranched alkanes of at least 4 members (excludes halogenated alkanes) is 4. The number of amides is 1. The molecule has 8 heteroatoms. The number of nitrogens with one attached hydrogen (secondary N) is 2. The van der Waals surface area contributed by atoms with Crippen LogP contribution in [0.5, 0.6) is 0 Å². The fourth-order valence-corrected chi connectivity index (χ4v) is 4.55. The van der Waals surface area contributed by atoms with Crippen molar-refractivity contribution in [2.45, 2.75) is 76.7 Å². The SMILES string of the molecule is NCC1(C(=O)N[C@@H](CCCCCCCc2ccc3c(n2)NCCC3)C(=O)O)CCOCC1. The summed E-state index contributed by atoms with van der Waals surface area (Å²) in [5.41, 5.74) is 7.61. The number of carboxylic acid groups (broad SMARTS) is 1. The molecule has 8 nitrogen and oxygen atoms in total. The predicted octanol–water partition coefficient (Wildman–Crippen LogP) is 2.65. The van der Waals surface area contributed by atoms with Gasteiger partial charge in [0.25, 0.3) is 0 Å². The Hall–Kier alpha value is -2.19. The Morgan fingerprint density at radius 3 is 2.69 bits per heavy atom. The van der Waals surface area contributed by atoms with Crippen LogP contribution >= 0.6 is 0 Å². The van der Waals surface area contributed by atoms with E-state index in [1.54, 1.807) is 0 Å². The van der Waals surface area contributed by atoms with Gasteiger partial charge in [0.2, 0.25) is 5.91 Å². The predicted molar refractivity (Wildman–Crippen MR) is 124 cm³/mol. The number of hydrogen-bond donors (Lipinski definition) is 4. The summed E-state index contributed by atoms with van der Waals surface area (Å²) >= 11 is 0. The molecule has 0 radical (unpaired) electrons. The zero-order valence-corrected chi connectivity index (χ0v) is 19.0. The fourth-order valence-electron chi connectivity index (χ4n) is 4.55. The van der Waals surface area contributed by atoms with Gasteiger partial charge in [0.15, 0.2) is 0 Å². The van der Waals surface area contributed by atoms with Gasteiger partial charge in [-0.25, -0.2) is 9.78 Å². The average Bonchev–Trinajstić information content (AvgIpc) is 2.82. The van der Waals surface area contributed by atoms with Crippen LogP contribution in [0, 0.1) is 5.41 Å². The number of carbonyl (C=O) groups is 2. The van der Waals surface area contributed by atoms with E-state index in [0.29, 0.717) is 32.5 Å². The molecular weight excluding hydrogens is 408 g/mol. The third kappa shape index (κ3) is 6.65. The van der Waals surface area contributed by atoms with E-state index >= 15 is 0 Å². The van der Waals surface area contributed by atoms with Crippen LogP contribution in [0.15, 0.2) is 12.1 Å². The van der Waals surface area contributed by atoms with Gasteiger partial charge in [0.05, 0.1) is 5.41 Å². The second kappa shape index (κ2) is 12.2. The molecule has 0 saturated carbocycles. The standard InChI is InChI=1S/C24H38N4O4/c25-17-24(12-15-32-16-13-24)23(31)28-20(22(29)30)9-5-3-1-2-4-8-19-11-10-18-7-6-14-26-21(18)27-19/h10-11,20H,1-9,12-17,25H2,(H,26,27)(H,28,31)(H,29,30)/t20-/m0/s1. The first-order chi connectivity index (χ1) is 15.5. The minimum atomic E-state index is -0.982. The highest BCUT2D eigenvalue weighted by Crippen LogP contribution is 2.30. The number of fused-ring (bicyclic) bond motifs is 1. The number of carbonyl (C=O) groups excluding carboxylic acids is 1. The summed E-state index contributed by atoms with van der Waals surface area (Å²) < 4.78 is 5.33. The van der Waals surface area contributed by atoms with Crippen molar-refractivity contribution in [2.24, 2.45) is 11.1 Å². The van der Waals surface area contributed by atoms with E-state index in [9.17, 15) is 14.7 Å². The number of anilines is 1. The third-order valence-electron chi connectivity index (χ3n) is 6.80. The first kappa shape index (κ1) is 24.5. The fraction of sp³-hybridized carbons (Fsp3) is 0.708. The van der Waals surface area contributed by atoms with Crippen molar-refractivity contribution >= 4 is 17.7 Å². The normalized spacial score (nSPS) is 18.3. The van der Waals surface area contributed by atoms with Crippen LogP contribution in [0.4, 0.5) is 5.82 Å². The van der Waals surface area contributed by atoms with E-state index in [2.05, 4.69) is 22.8 Å². The number of aryl methyl sites for hydroxylation is 2. The molecule has 2 aliphatic rings. The quantitative estimate of drug-likeness (QED) is 0.364. The molecule has 1 aromatic heterocycles. The molecule has 0 unspecified atom stereocenters. The van der Waals surface area contributed by atoms with Gasteiger partial charge in [-0.05, 0) is 56.6 Å². The topological polar surface area (TPSA) is 127 Å². The van der Waals surface area contributed by atoms with Gasteiger partial charge in [0.1, 0.15) is 11.9 Å². The van der Waals surface area contributed by atoms with Crippen molar-refractivity contribution in [1.29, 1.82) is 0 Å². The number of rotatable bonds is 12. The van der Waals surface area contributed by atoms with Gasteiger partial charge in [-0.15, -0.1) is 0 Å². The first-order valence-corrected chi connectivity index (χ1v) is 12.1. The van der Waals surface area contributed by atoms with Crippen LogP contribution in [-0.2, 0) is 27.2 Å². The maximum atomic E-state index is 12.7. The van der Waals surface area contributed by atoms with Gasteiger partial charge in [-0.2, -0.15) is 0 Å². The molecular formula is C24H38N4O4. The lowest BCUT2D eigenvalue weighted by molar-refractivity contribution is -0.145. The number of aliphatic carboxylic acids is 1. The van der Waals surface area contributed by atoms with Crippen LogP contribution in [0.1, 0.15) is 69.0 Å². The summed E-state index contributed by atoms with van der Waals surface area (Å²) in [6.45, 7) is 2.19. The zero-order chi connectivity index (χ0) is 22.8. The molecule has 0 spiro atoms. The number of pyridine rings is 1. The van der Waals surface area contributed by atoms with Crippen LogP contribution in [0.25, 0.3) is 0 Å². The Labute approximate surface area is 190 Å². The van der Waals surface area contributed by atoms with Crippen LogP contribution in [0.3, 0.4) is 0 Å². The molecule has 0 aromatic carbocycles. The van der Waals surface area contributed by atoms with E-state index in [0.717, 1.165) is 63.0 Å². The number of nitrogens with zero attached hydrogens (tertiary/aromatic N) is 1. The first-order valence-electron chi connectivity index (χ1n) is 12.1. The van der Waals surface area contributed by atoms with E-state index in [1.165, 1.54) is 12.0 Å². The maximum absolute atomic E-state index is 12.7. The lowest BCUT2D eigenvalue weighted by Crippen LogP contribution is -2.53. The highest BCUT2D eigenvalue weighted by atomic mass is 16.5. The van der Waals surface area contributed by atoms with Gasteiger partial charge in [-0.3, -0.25) is 4.79 Å². The molecule has 32 heavy (non-hydrogen) atoms. The molecule has 1 amide bonds. The Kier molecular flexibility index (Phi) is 9.29. The minimum absolute atomic E-state index is 0.212. The summed E-state index contributed by atoms with van der Waals surface area (Å²) in [4.78, 5) is 29.1. The van der Waals surface area contributed by atoms with Gasteiger partial charge in [-0.1, -0.05) is 31.7 Å². The van der Waals surface area contributed by atoms with Crippen LogP contribution in [0.2, 0.25) is 0 Å². The van der Waals surface area contributed by atoms with Gasteiger partial charge >= 0.3 is 5.97 Å². The highest BCUT2D eigenvalue weighted by Gasteiger charge is 2.40. The number of aromatic nitrogens is 1. The van der Waals surface area contributed by atoms with Crippen molar-refractivity contribution in [3.05, 3.63) is 23.4 Å². The number of hydrogen-bond acceptors (Lipinski definition) is 6. The summed E-state index contributed by atoms with van der Waals surface area (Å²) in [6, 6.07) is 3.47. The van der Waals surface area contributed by atoms with Crippen molar-refractivity contribution in [3.8, 4) is 0 Å².